The van der Waals surface area contributed by atoms with Gasteiger partial charge in [-0.3, -0.25) is 4.79 Å². The van der Waals surface area contributed by atoms with Crippen LogP contribution >= 0.6 is 23.2 Å². The average molecular weight is 333 g/mol. The Hall–Kier alpha value is -1.52. The van der Waals surface area contributed by atoms with E-state index < -0.39 is 12.6 Å². The van der Waals surface area contributed by atoms with Crippen LogP contribution in [0.15, 0.2) is 24.3 Å². The van der Waals surface area contributed by atoms with Gasteiger partial charge in [-0.25, -0.2) is 4.79 Å². The summed E-state index contributed by atoms with van der Waals surface area (Å²) in [4.78, 5) is 22.4. The number of allylic oxidation sites excluding steroid dienone is 1. The summed E-state index contributed by atoms with van der Waals surface area (Å²) in [5.74, 6) is -1.31. The van der Waals surface area contributed by atoms with Crippen molar-refractivity contribution in [1.82, 2.24) is 0 Å². The summed E-state index contributed by atoms with van der Waals surface area (Å²) in [5.41, 5.74) is 0.637. The second kappa shape index (κ2) is 9.42. The summed E-state index contributed by atoms with van der Waals surface area (Å²) >= 11 is 11.9. The molecule has 0 aliphatic carbocycles. The molecule has 0 aliphatic rings. The topological polar surface area (TPSA) is 63.6 Å². The number of aliphatic carboxylic acids is 1. The van der Waals surface area contributed by atoms with Crippen LogP contribution in [0.1, 0.15) is 37.6 Å². The van der Waals surface area contributed by atoms with Crippen LogP contribution in [0, 0.1) is 0 Å². The number of carbonyl (C=O) groups excluding carboxylic acids is 1. The van der Waals surface area contributed by atoms with Crippen molar-refractivity contribution in [1.29, 1.82) is 0 Å². The first-order valence-corrected chi connectivity index (χ1v) is 7.19. The van der Waals surface area contributed by atoms with E-state index in [0.717, 1.165) is 0 Å². The van der Waals surface area contributed by atoms with E-state index >= 15 is 0 Å². The van der Waals surface area contributed by atoms with Gasteiger partial charge in [0.1, 0.15) is 10.8 Å². The van der Waals surface area contributed by atoms with E-state index in [1.807, 2.05) is 13.8 Å². The highest BCUT2D eigenvalue weighted by molar-refractivity contribution is 6.45. The van der Waals surface area contributed by atoms with Gasteiger partial charge in [0.2, 0.25) is 0 Å². The predicted octanol–water partition coefficient (Wildman–Crippen LogP) is 4.63. The Labute approximate surface area is 134 Å². The van der Waals surface area contributed by atoms with Crippen molar-refractivity contribution >= 4 is 35.0 Å². The molecule has 6 heteroatoms. The summed E-state index contributed by atoms with van der Waals surface area (Å²) in [6, 6.07) is 2.85. The van der Waals surface area contributed by atoms with Gasteiger partial charge in [-0.1, -0.05) is 50.6 Å². The van der Waals surface area contributed by atoms with Crippen LogP contribution < -0.4 is 4.74 Å². The number of hydrogen-bond acceptors (Lipinski definition) is 3. The van der Waals surface area contributed by atoms with Gasteiger partial charge in [0.15, 0.2) is 12.4 Å². The molecule has 21 heavy (non-hydrogen) atoms. The molecule has 0 saturated carbocycles. The third-order valence-electron chi connectivity index (χ3n) is 2.39. The van der Waals surface area contributed by atoms with Gasteiger partial charge < -0.3 is 9.84 Å². The maximum atomic E-state index is 11.9. The first-order valence-electron chi connectivity index (χ1n) is 6.43. The van der Waals surface area contributed by atoms with Crippen LogP contribution in [-0.2, 0) is 4.79 Å². The van der Waals surface area contributed by atoms with Crippen LogP contribution in [0.5, 0.6) is 5.75 Å². The summed E-state index contributed by atoms with van der Waals surface area (Å²) in [6.07, 6.45) is 0.504. The Balaban J connectivity index is 0.00000191. The predicted molar refractivity (Wildman–Crippen MR) is 84.7 cm³/mol. The van der Waals surface area contributed by atoms with Crippen LogP contribution in [0.4, 0.5) is 0 Å². The molecule has 0 atom stereocenters. The molecule has 1 aromatic carbocycles. The number of ketones is 1. The molecule has 1 aromatic rings. The van der Waals surface area contributed by atoms with Gasteiger partial charge in [-0.15, -0.1) is 0 Å². The van der Waals surface area contributed by atoms with Crippen LogP contribution in [0.3, 0.4) is 0 Å². The lowest BCUT2D eigenvalue weighted by molar-refractivity contribution is -0.139. The molecule has 0 heterocycles. The Kier molecular flexibility index (Phi) is 8.74. The van der Waals surface area contributed by atoms with Crippen LogP contribution in [0.2, 0.25) is 10.0 Å². The molecule has 0 radical (unpaired) electrons. The van der Waals surface area contributed by atoms with Crippen molar-refractivity contribution in [2.75, 3.05) is 6.61 Å². The number of carboxylic acids is 1. The van der Waals surface area contributed by atoms with Gasteiger partial charge in [-0.2, -0.15) is 0 Å². The fourth-order valence-electron chi connectivity index (χ4n) is 1.31. The molecule has 0 fully saturated rings. The van der Waals surface area contributed by atoms with E-state index in [-0.39, 0.29) is 27.1 Å². The monoisotopic (exact) mass is 332 g/mol. The summed E-state index contributed by atoms with van der Waals surface area (Å²) in [5, 5.41) is 8.56. The minimum atomic E-state index is -1.13. The molecule has 116 valence electrons. The van der Waals surface area contributed by atoms with Gasteiger partial charge in [0.05, 0.1) is 5.02 Å². The first kappa shape index (κ1) is 19.5. The maximum absolute atomic E-state index is 11.9. The Morgan fingerprint density at radius 1 is 1.24 bits per heavy atom. The van der Waals surface area contributed by atoms with Crippen LogP contribution in [0.25, 0.3) is 0 Å². The second-order valence-electron chi connectivity index (χ2n) is 3.71. The van der Waals surface area contributed by atoms with Crippen molar-refractivity contribution in [3.05, 3.63) is 39.9 Å². The number of benzene rings is 1. The molecule has 0 saturated heterocycles. The fourth-order valence-corrected chi connectivity index (χ4v) is 1.77. The smallest absolute Gasteiger partial charge is 0.341 e. The standard InChI is InChI=1S/C13H12Cl2O4.C2H6/c1-3-7(2)13(18)8-4-5-9(12(15)11(8)14)19-6-10(16)17;1-2/h4-5H,2-3,6H2,1H3,(H,16,17);1-2H3. The Morgan fingerprint density at radius 3 is 2.29 bits per heavy atom. The quantitative estimate of drug-likeness (QED) is 0.609. The highest BCUT2D eigenvalue weighted by Gasteiger charge is 2.18. The van der Waals surface area contributed by atoms with Gasteiger partial charge in [0, 0.05) is 5.56 Å². The fraction of sp³-hybridized carbons (Fsp3) is 0.333. The summed E-state index contributed by atoms with van der Waals surface area (Å²) in [7, 11) is 0. The van der Waals surface area contributed by atoms with Crippen molar-refractivity contribution in [2.24, 2.45) is 0 Å². The number of rotatable bonds is 6. The third-order valence-corrected chi connectivity index (χ3v) is 3.26. The lowest BCUT2D eigenvalue weighted by Gasteiger charge is -2.10. The second-order valence-corrected chi connectivity index (χ2v) is 4.46. The normalized spacial score (nSPS) is 9.38. The maximum Gasteiger partial charge on any atom is 0.341 e. The van der Waals surface area contributed by atoms with E-state index in [9.17, 15) is 9.59 Å². The lowest BCUT2D eigenvalue weighted by Crippen LogP contribution is -2.10. The van der Waals surface area contributed by atoms with E-state index in [1.165, 1.54) is 12.1 Å². The van der Waals surface area contributed by atoms with Crippen molar-refractivity contribution in [3.63, 3.8) is 0 Å². The van der Waals surface area contributed by atoms with Gasteiger partial charge in [-0.05, 0) is 24.1 Å². The van der Waals surface area contributed by atoms with E-state index in [2.05, 4.69) is 6.58 Å². The lowest BCUT2D eigenvalue weighted by atomic mass is 10.0. The minimum absolute atomic E-state index is 0.0117. The van der Waals surface area contributed by atoms with Crippen LogP contribution in [-0.4, -0.2) is 23.5 Å². The molecule has 0 bridgehead atoms. The van der Waals surface area contributed by atoms with E-state index in [1.54, 1.807) is 6.92 Å². The Bertz CT molecular complexity index is 539. The zero-order valence-corrected chi connectivity index (χ0v) is 13.7. The molecular formula is C15H18Cl2O4. The number of hydrogen-bond donors (Lipinski definition) is 1. The van der Waals surface area contributed by atoms with Gasteiger partial charge in [0.25, 0.3) is 0 Å². The summed E-state index contributed by atoms with van der Waals surface area (Å²) in [6.45, 7) is 8.91. The molecule has 0 aliphatic heterocycles. The van der Waals surface area contributed by atoms with Gasteiger partial charge >= 0.3 is 5.97 Å². The van der Waals surface area contributed by atoms with Crippen molar-refractivity contribution in [2.45, 2.75) is 27.2 Å². The molecule has 0 amide bonds. The molecule has 1 rings (SSSR count). The number of carbonyl (C=O) groups is 2. The number of Topliss-reactive ketones (excluding diaryl/α,β-unsaturated/α-hetero) is 1. The first-order chi connectivity index (χ1) is 9.88. The molecule has 0 spiro atoms. The zero-order valence-electron chi connectivity index (χ0n) is 12.2. The Morgan fingerprint density at radius 2 is 1.81 bits per heavy atom. The minimum Gasteiger partial charge on any atom is -0.480 e. The van der Waals surface area contributed by atoms with E-state index in [4.69, 9.17) is 33.0 Å². The molecule has 1 N–H and O–H groups in total. The highest BCUT2D eigenvalue weighted by atomic mass is 35.5. The molecule has 4 nitrogen and oxygen atoms in total. The molecular weight excluding hydrogens is 315 g/mol. The summed E-state index contributed by atoms with van der Waals surface area (Å²) < 4.78 is 4.95. The SMILES string of the molecule is C=C(CC)C(=O)c1ccc(OCC(=O)O)c(Cl)c1Cl.CC. The number of ether oxygens (including phenoxy) is 1. The number of halogens is 2. The van der Waals surface area contributed by atoms with Crippen molar-refractivity contribution < 1.29 is 19.4 Å². The van der Waals surface area contributed by atoms with E-state index in [0.29, 0.717) is 12.0 Å². The number of carboxylic acid groups (broad SMARTS) is 1. The average Bonchev–Trinajstić information content (AvgIpc) is 2.49. The highest BCUT2D eigenvalue weighted by Crippen LogP contribution is 2.35. The van der Waals surface area contributed by atoms with Crippen molar-refractivity contribution in [3.8, 4) is 5.75 Å². The zero-order chi connectivity index (χ0) is 16.6. The molecule has 0 aromatic heterocycles. The molecule has 0 unspecified atom stereocenters. The third kappa shape index (κ3) is 5.40. The largest absolute Gasteiger partial charge is 0.480 e.